The number of carbonyl (C=O) groups excluding carboxylic acids is 1. The largest absolute Gasteiger partial charge is 0.462 e. The third-order valence-corrected chi connectivity index (χ3v) is 22.1. The second kappa shape index (κ2) is 47.3. The van der Waals surface area contributed by atoms with Crippen LogP contribution in [0.5, 0.6) is 0 Å². The topological polar surface area (TPSA) is 455 Å². The Morgan fingerprint density at radius 3 is 1.68 bits per heavy atom. The van der Waals surface area contributed by atoms with Gasteiger partial charge in [-0.2, -0.15) is 0 Å². The molecule has 24 nitrogen and oxygen atoms in total. The summed E-state index contributed by atoms with van der Waals surface area (Å²) in [5.41, 5.74) is 6.42. The summed E-state index contributed by atoms with van der Waals surface area (Å²) in [6.45, 7) is 24.0. The van der Waals surface area contributed by atoms with Gasteiger partial charge in [0, 0.05) is 60.2 Å². The Hall–Kier alpha value is -2.45. The van der Waals surface area contributed by atoms with Crippen LogP contribution < -0.4 is 5.73 Å². The first kappa shape index (κ1) is 93.6. The van der Waals surface area contributed by atoms with Crippen molar-refractivity contribution in [1.82, 2.24) is 0 Å². The predicted molar refractivity (Wildman–Crippen MR) is 382 cm³/mol. The van der Waals surface area contributed by atoms with Crippen molar-refractivity contribution < 1.29 is 116 Å². The summed E-state index contributed by atoms with van der Waals surface area (Å²) in [5.74, 6) is -6.85. The van der Waals surface area contributed by atoms with E-state index in [-0.39, 0.29) is 61.9 Å². The minimum atomic E-state index is -1.88. The van der Waals surface area contributed by atoms with Gasteiger partial charge in [0.05, 0.1) is 98.2 Å². The van der Waals surface area contributed by atoms with E-state index in [1.54, 1.807) is 74.5 Å². The zero-order valence-electron chi connectivity index (χ0n) is 62.7. The second-order valence-electron chi connectivity index (χ2n) is 31.1. The Kier molecular flexibility index (Phi) is 44.3. The number of rotatable bonds is 12. The van der Waals surface area contributed by atoms with E-state index in [2.05, 4.69) is 6.92 Å². The monoisotopic (exact) mass is 1440 g/mol. The summed E-state index contributed by atoms with van der Waals surface area (Å²) in [6.07, 6.45) is -13.0. The normalized spacial score (nSPS) is 44.1. The van der Waals surface area contributed by atoms with E-state index in [9.17, 15) is 102 Å². The standard InChI is InChI=1S/C76H141NO23/c1-40(25-28-54(79)22-19-31-77)32-48(9)75-53(14)62(87)38-57(82)37-61(86)51(12)70(93)50(11)59(84)35-55(80)29-26-43(4)66(89)44(5)27-30-56(81)36-60(85)52(13)71(94)63(98-76-74(97)73(96)72(95)64(39-78)99-76)34-47(8)68(91)46(7)33-45(6)67(90)41(2)20-18-21-42(3)69(92)49(10)58(83)23-16-15-17-24-65(88)100-75/h18,20,27,30,33-34,40-44,46,48-64,66-76,78-87,89-97H,15-17,19,21-26,28-29,31-32,35-39,77H2,1-14H3/b20-18-,30-27-,45-33-,47-34-/t40-,41-,42+,43-,44+,46+,48-,49-,50+,51-,52+,53+,54+,55+,56+,57+,58+,59+,60-,61+,62+,63-,64-,66-,67+,68+,69+,70-,71+,72-,73+,74+,75-,76+/m1/s1. The van der Waals surface area contributed by atoms with Crippen molar-refractivity contribution in [3.8, 4) is 0 Å². The molecular weight excluding hydrogens is 1290 g/mol. The molecule has 2 rings (SSSR count). The average molecular weight is 1440 g/mol. The quantitative estimate of drug-likeness (QED) is 0.0977. The Morgan fingerprint density at radius 1 is 0.530 bits per heavy atom. The Morgan fingerprint density at radius 2 is 1.08 bits per heavy atom. The second-order valence-corrected chi connectivity index (χ2v) is 31.1. The van der Waals surface area contributed by atoms with Crippen LogP contribution in [0.1, 0.15) is 206 Å². The number of carbonyl (C=O) groups is 1. The molecule has 0 radical (unpaired) electrons. The number of cyclic esters (lactones) is 1. The van der Waals surface area contributed by atoms with Crippen molar-refractivity contribution in [3.63, 3.8) is 0 Å². The lowest BCUT2D eigenvalue weighted by atomic mass is 9.80. The number of hydrogen-bond donors (Lipinski definition) is 20. The maximum absolute atomic E-state index is 13.7. The maximum Gasteiger partial charge on any atom is 0.306 e. The Labute approximate surface area is 597 Å². The summed E-state index contributed by atoms with van der Waals surface area (Å²) in [5, 5.41) is 212. The van der Waals surface area contributed by atoms with Crippen LogP contribution in [-0.2, 0) is 19.0 Å². The molecule has 2 aliphatic heterocycles. The number of esters is 1. The first-order valence-corrected chi connectivity index (χ1v) is 37.5. The molecule has 2 aliphatic rings. The maximum atomic E-state index is 13.7. The molecule has 0 saturated carbocycles. The highest BCUT2D eigenvalue weighted by Gasteiger charge is 2.46. The van der Waals surface area contributed by atoms with E-state index in [1.807, 2.05) is 32.9 Å². The molecule has 0 aromatic carbocycles. The van der Waals surface area contributed by atoms with Gasteiger partial charge in [0.25, 0.3) is 0 Å². The Bertz CT molecular complexity index is 2330. The van der Waals surface area contributed by atoms with Crippen molar-refractivity contribution >= 4 is 5.97 Å². The van der Waals surface area contributed by atoms with E-state index < -0.39 is 200 Å². The molecule has 34 atom stereocenters. The van der Waals surface area contributed by atoms with Gasteiger partial charge in [-0.05, 0) is 139 Å². The van der Waals surface area contributed by atoms with Crippen molar-refractivity contribution in [2.75, 3.05) is 13.2 Å². The van der Waals surface area contributed by atoms with Crippen molar-refractivity contribution in [2.24, 2.45) is 76.7 Å². The van der Waals surface area contributed by atoms with Crippen LogP contribution >= 0.6 is 0 Å². The third-order valence-electron chi connectivity index (χ3n) is 22.1. The number of nitrogens with two attached hydrogens (primary N) is 1. The highest BCUT2D eigenvalue weighted by atomic mass is 16.7. The van der Waals surface area contributed by atoms with Crippen molar-refractivity contribution in [1.29, 1.82) is 0 Å². The van der Waals surface area contributed by atoms with Gasteiger partial charge in [0.15, 0.2) is 6.29 Å². The predicted octanol–water partition coefficient (Wildman–Crippen LogP) is 3.74. The molecule has 0 aromatic heterocycles. The zero-order valence-corrected chi connectivity index (χ0v) is 62.7. The summed E-state index contributed by atoms with van der Waals surface area (Å²) in [6, 6.07) is 0. The Balaban J connectivity index is 2.48. The van der Waals surface area contributed by atoms with Crippen LogP contribution in [0.2, 0.25) is 0 Å². The lowest BCUT2D eigenvalue weighted by Gasteiger charge is -2.41. The summed E-state index contributed by atoms with van der Waals surface area (Å²) >= 11 is 0. The molecule has 0 amide bonds. The van der Waals surface area contributed by atoms with Crippen LogP contribution in [0.4, 0.5) is 0 Å². The number of ether oxygens (including phenoxy) is 3. The number of hydrogen-bond acceptors (Lipinski definition) is 24. The third kappa shape index (κ3) is 31.5. The molecule has 0 unspecified atom stereocenters. The van der Waals surface area contributed by atoms with Gasteiger partial charge < -0.3 is 117 Å². The fourth-order valence-corrected chi connectivity index (χ4v) is 14.2. The van der Waals surface area contributed by atoms with Gasteiger partial charge in [-0.1, -0.05) is 132 Å². The molecule has 1 saturated heterocycles. The van der Waals surface area contributed by atoms with Gasteiger partial charge >= 0.3 is 5.97 Å². The lowest BCUT2D eigenvalue weighted by molar-refractivity contribution is -0.314. The van der Waals surface area contributed by atoms with E-state index in [1.165, 1.54) is 19.1 Å². The summed E-state index contributed by atoms with van der Waals surface area (Å²) in [4.78, 5) is 13.7. The van der Waals surface area contributed by atoms with Gasteiger partial charge in [0.2, 0.25) is 0 Å². The number of aliphatic hydroxyl groups excluding tert-OH is 19. The molecular formula is C76H141NO23. The van der Waals surface area contributed by atoms with Crippen LogP contribution in [0.3, 0.4) is 0 Å². The first-order valence-electron chi connectivity index (χ1n) is 37.5. The van der Waals surface area contributed by atoms with Gasteiger partial charge in [-0.25, -0.2) is 0 Å². The minimum absolute atomic E-state index is 0.0653. The van der Waals surface area contributed by atoms with E-state index >= 15 is 0 Å². The SMILES string of the molecule is C/C1=C/[C@H](C)[C@H](O)/C(C)=C\[C@@H](O[C@H]2O[C@H](CO)[C@@H](O)[C@H](O)[C@@H]2O)[C@@H](O)[C@@H](C)[C@H](O)C[C@@H](O)/C=C\[C@H](C)[C@H](O)[C@H](C)CC[C@H](O)C[C@H](O)[C@H](C)[C@@H](O)[C@H](C)[C@@H](O)C[C@H](O)C[C@H](O)[C@H](C)[C@@H]([C@H](C)C[C@H](C)CC[C@@H](O)CCCN)OC(=O)CCCCC[C@H](O)[C@@H](C)[C@@H](O)[C@@H](C)C/C=C\[C@@H](C)[C@@H]1O. The molecule has 0 aromatic rings. The van der Waals surface area contributed by atoms with Crippen LogP contribution in [0.15, 0.2) is 47.6 Å². The van der Waals surface area contributed by atoms with Crippen molar-refractivity contribution in [3.05, 3.63) is 47.6 Å². The molecule has 2 heterocycles. The highest BCUT2D eigenvalue weighted by Crippen LogP contribution is 2.34. The summed E-state index contributed by atoms with van der Waals surface area (Å²) in [7, 11) is 0. The highest BCUT2D eigenvalue weighted by molar-refractivity contribution is 5.69. The minimum Gasteiger partial charge on any atom is -0.462 e. The van der Waals surface area contributed by atoms with Gasteiger partial charge in [-0.15, -0.1) is 0 Å². The molecule has 1 fully saturated rings. The molecule has 100 heavy (non-hydrogen) atoms. The molecule has 0 aliphatic carbocycles. The number of allylic oxidation sites excluding steroid dienone is 1. The van der Waals surface area contributed by atoms with Crippen LogP contribution in [-0.4, -0.2) is 251 Å². The molecule has 21 N–H and O–H groups in total. The number of aliphatic hydroxyl groups is 19. The average Bonchev–Trinajstić information content (AvgIpc) is 0.809. The van der Waals surface area contributed by atoms with E-state index in [0.29, 0.717) is 82.7 Å². The van der Waals surface area contributed by atoms with Crippen molar-refractivity contribution in [2.45, 2.75) is 341 Å². The van der Waals surface area contributed by atoms with Gasteiger partial charge in [-0.3, -0.25) is 4.79 Å². The molecule has 0 bridgehead atoms. The zero-order chi connectivity index (χ0) is 76.2. The van der Waals surface area contributed by atoms with E-state index in [0.717, 1.165) is 0 Å². The first-order chi connectivity index (χ1) is 46.7. The smallest absolute Gasteiger partial charge is 0.306 e. The van der Waals surface area contributed by atoms with Gasteiger partial charge in [0.1, 0.15) is 36.6 Å². The molecule has 588 valence electrons. The van der Waals surface area contributed by atoms with Crippen LogP contribution in [0.25, 0.3) is 0 Å². The van der Waals surface area contributed by atoms with E-state index in [4.69, 9.17) is 19.9 Å². The molecule has 0 spiro atoms. The molecule has 24 heteroatoms. The lowest BCUT2D eigenvalue weighted by Crippen LogP contribution is -2.60. The fourth-order valence-electron chi connectivity index (χ4n) is 14.2. The fraction of sp³-hybridized carbons (Fsp3) is 0.882. The summed E-state index contributed by atoms with van der Waals surface area (Å²) < 4.78 is 17.9. The van der Waals surface area contributed by atoms with Crippen LogP contribution in [0, 0.1) is 71.0 Å².